The number of rotatable bonds is 1. The number of carbonyl (C=O) groups is 1. The highest BCUT2D eigenvalue weighted by Gasteiger charge is 2.21. The lowest BCUT2D eigenvalue weighted by Gasteiger charge is -2.21. The third-order valence-electron chi connectivity index (χ3n) is 2.73. The molecule has 92 valence electrons. The molecule has 0 bridgehead atoms. The maximum atomic E-state index is 12.2. The van der Waals surface area contributed by atoms with Gasteiger partial charge in [0.05, 0.1) is 6.10 Å². The topological polar surface area (TPSA) is 68.5 Å². The Bertz CT molecular complexity index is 408. The summed E-state index contributed by atoms with van der Waals surface area (Å²) in [5, 5.41) is 0. The van der Waals surface area contributed by atoms with Gasteiger partial charge < -0.3 is 15.4 Å². The van der Waals surface area contributed by atoms with Crippen LogP contribution in [-0.4, -0.2) is 41.6 Å². The second-order valence-electron chi connectivity index (χ2n) is 4.23. The molecule has 5 heteroatoms. The van der Waals surface area contributed by atoms with E-state index in [4.69, 9.17) is 10.5 Å². The number of ether oxygens (including phenoxy) is 1. The molecule has 1 atom stereocenters. The molecule has 2 heterocycles. The smallest absolute Gasteiger partial charge is 0.272 e. The molecule has 5 nitrogen and oxygen atoms in total. The molecule has 1 aromatic heterocycles. The molecule has 1 amide bonds. The fourth-order valence-corrected chi connectivity index (χ4v) is 1.91. The van der Waals surface area contributed by atoms with Gasteiger partial charge in [0.25, 0.3) is 5.91 Å². The number of hydrogen-bond donors (Lipinski definition) is 1. The van der Waals surface area contributed by atoms with E-state index in [1.165, 1.54) is 0 Å². The second-order valence-corrected chi connectivity index (χ2v) is 4.23. The van der Waals surface area contributed by atoms with E-state index in [0.29, 0.717) is 31.2 Å². The number of pyridine rings is 1. The van der Waals surface area contributed by atoms with Gasteiger partial charge in [-0.1, -0.05) is 6.07 Å². The Hall–Kier alpha value is -1.62. The van der Waals surface area contributed by atoms with Gasteiger partial charge in [0.1, 0.15) is 11.5 Å². The van der Waals surface area contributed by atoms with Gasteiger partial charge in [-0.05, 0) is 25.5 Å². The van der Waals surface area contributed by atoms with E-state index in [0.717, 1.165) is 6.42 Å². The summed E-state index contributed by atoms with van der Waals surface area (Å²) in [5.74, 6) is 0.296. The molecule has 1 fully saturated rings. The number of aromatic nitrogens is 1. The minimum atomic E-state index is -0.0744. The molecule has 2 rings (SSSR count). The molecule has 0 spiro atoms. The van der Waals surface area contributed by atoms with Crippen LogP contribution in [0, 0.1) is 0 Å². The van der Waals surface area contributed by atoms with Crippen molar-refractivity contribution in [2.45, 2.75) is 19.4 Å². The molecule has 1 aliphatic rings. The zero-order valence-electron chi connectivity index (χ0n) is 9.93. The normalized spacial score (nSPS) is 21.0. The summed E-state index contributed by atoms with van der Waals surface area (Å²) < 4.78 is 5.50. The average Bonchev–Trinajstić information content (AvgIpc) is 2.53. The van der Waals surface area contributed by atoms with E-state index < -0.39 is 0 Å². The van der Waals surface area contributed by atoms with Gasteiger partial charge >= 0.3 is 0 Å². The van der Waals surface area contributed by atoms with E-state index in [1.54, 1.807) is 23.1 Å². The number of nitrogen functional groups attached to an aromatic ring is 1. The van der Waals surface area contributed by atoms with Crippen LogP contribution in [0.15, 0.2) is 18.2 Å². The SMILES string of the molecule is C[C@H]1CN(C(=O)c2cccc(N)n2)CCCO1. The van der Waals surface area contributed by atoms with Crippen LogP contribution in [0.2, 0.25) is 0 Å². The van der Waals surface area contributed by atoms with Gasteiger partial charge in [-0.3, -0.25) is 4.79 Å². The van der Waals surface area contributed by atoms with Gasteiger partial charge in [-0.25, -0.2) is 4.98 Å². The Balaban J connectivity index is 2.13. The number of anilines is 1. The van der Waals surface area contributed by atoms with Crippen LogP contribution >= 0.6 is 0 Å². The molecule has 1 aliphatic heterocycles. The number of hydrogen-bond acceptors (Lipinski definition) is 4. The second kappa shape index (κ2) is 5.14. The van der Waals surface area contributed by atoms with Crippen LogP contribution in [-0.2, 0) is 4.74 Å². The van der Waals surface area contributed by atoms with E-state index in [9.17, 15) is 4.79 Å². The number of nitrogens with two attached hydrogens (primary N) is 1. The van der Waals surface area contributed by atoms with Crippen molar-refractivity contribution in [1.82, 2.24) is 9.88 Å². The van der Waals surface area contributed by atoms with E-state index >= 15 is 0 Å². The summed E-state index contributed by atoms with van der Waals surface area (Å²) in [6, 6.07) is 5.10. The number of carbonyl (C=O) groups excluding carboxylic acids is 1. The maximum Gasteiger partial charge on any atom is 0.272 e. The van der Waals surface area contributed by atoms with Gasteiger partial charge in [-0.15, -0.1) is 0 Å². The lowest BCUT2D eigenvalue weighted by molar-refractivity contribution is 0.0559. The van der Waals surface area contributed by atoms with Crippen LogP contribution in [0.1, 0.15) is 23.8 Å². The highest BCUT2D eigenvalue weighted by atomic mass is 16.5. The molecule has 0 saturated carbocycles. The fraction of sp³-hybridized carbons (Fsp3) is 0.500. The van der Waals surface area contributed by atoms with Gasteiger partial charge in [0, 0.05) is 19.7 Å². The Morgan fingerprint density at radius 2 is 2.41 bits per heavy atom. The highest BCUT2D eigenvalue weighted by Crippen LogP contribution is 2.10. The van der Waals surface area contributed by atoms with E-state index in [-0.39, 0.29) is 12.0 Å². The quantitative estimate of drug-likeness (QED) is 0.785. The fourth-order valence-electron chi connectivity index (χ4n) is 1.91. The van der Waals surface area contributed by atoms with E-state index in [1.807, 2.05) is 6.92 Å². The Kier molecular flexibility index (Phi) is 3.58. The van der Waals surface area contributed by atoms with Gasteiger partial charge in [0.15, 0.2) is 0 Å². The summed E-state index contributed by atoms with van der Waals surface area (Å²) in [6.07, 6.45) is 0.931. The first-order chi connectivity index (χ1) is 8.16. The van der Waals surface area contributed by atoms with Crippen molar-refractivity contribution in [3.8, 4) is 0 Å². The summed E-state index contributed by atoms with van der Waals surface area (Å²) in [7, 11) is 0. The average molecular weight is 235 g/mol. The predicted octanol–water partition coefficient (Wildman–Crippen LogP) is 0.915. The minimum absolute atomic E-state index is 0.0718. The largest absolute Gasteiger partial charge is 0.384 e. The van der Waals surface area contributed by atoms with E-state index in [2.05, 4.69) is 4.98 Å². The summed E-state index contributed by atoms with van der Waals surface area (Å²) >= 11 is 0. The van der Waals surface area contributed by atoms with Crippen molar-refractivity contribution in [3.05, 3.63) is 23.9 Å². The number of nitrogens with zero attached hydrogens (tertiary/aromatic N) is 2. The van der Waals surface area contributed by atoms with Crippen molar-refractivity contribution in [2.75, 3.05) is 25.4 Å². The standard InChI is InChI=1S/C12H17N3O2/c1-9-8-15(6-3-7-17-9)12(16)10-4-2-5-11(13)14-10/h2,4-5,9H,3,6-8H2,1H3,(H2,13,14)/t9-/m0/s1. The molecule has 0 unspecified atom stereocenters. The Morgan fingerprint density at radius 1 is 1.59 bits per heavy atom. The molecule has 0 aromatic carbocycles. The van der Waals surface area contributed by atoms with Gasteiger partial charge in [-0.2, -0.15) is 0 Å². The first-order valence-electron chi connectivity index (χ1n) is 5.80. The van der Waals surface area contributed by atoms with Crippen molar-refractivity contribution in [3.63, 3.8) is 0 Å². The molecule has 17 heavy (non-hydrogen) atoms. The van der Waals surface area contributed by atoms with Crippen molar-refractivity contribution < 1.29 is 9.53 Å². The van der Waals surface area contributed by atoms with Crippen molar-refractivity contribution in [1.29, 1.82) is 0 Å². The molecule has 1 aromatic rings. The lowest BCUT2D eigenvalue weighted by Crippen LogP contribution is -2.36. The zero-order valence-corrected chi connectivity index (χ0v) is 9.93. The number of amides is 1. The van der Waals surface area contributed by atoms with Crippen LogP contribution in [0.25, 0.3) is 0 Å². The Morgan fingerprint density at radius 3 is 3.18 bits per heavy atom. The monoisotopic (exact) mass is 235 g/mol. The molecule has 0 radical (unpaired) electrons. The predicted molar refractivity (Wildman–Crippen MR) is 64.6 cm³/mol. The highest BCUT2D eigenvalue weighted by molar-refractivity contribution is 5.92. The Labute approximate surface area is 101 Å². The van der Waals surface area contributed by atoms with Crippen LogP contribution < -0.4 is 5.73 Å². The lowest BCUT2D eigenvalue weighted by atomic mass is 10.2. The van der Waals surface area contributed by atoms with Crippen LogP contribution in [0.5, 0.6) is 0 Å². The molecule has 2 N–H and O–H groups in total. The molecule has 1 saturated heterocycles. The van der Waals surface area contributed by atoms with Crippen LogP contribution in [0.4, 0.5) is 5.82 Å². The molecular weight excluding hydrogens is 218 g/mol. The van der Waals surface area contributed by atoms with Crippen molar-refractivity contribution in [2.24, 2.45) is 0 Å². The molecule has 0 aliphatic carbocycles. The van der Waals surface area contributed by atoms with Crippen LogP contribution in [0.3, 0.4) is 0 Å². The van der Waals surface area contributed by atoms with Crippen molar-refractivity contribution >= 4 is 11.7 Å². The third-order valence-corrected chi connectivity index (χ3v) is 2.73. The third kappa shape index (κ3) is 2.94. The maximum absolute atomic E-state index is 12.2. The first kappa shape index (κ1) is 11.9. The minimum Gasteiger partial charge on any atom is -0.384 e. The first-order valence-corrected chi connectivity index (χ1v) is 5.80. The zero-order chi connectivity index (χ0) is 12.3. The summed E-state index contributed by atoms with van der Waals surface area (Å²) in [4.78, 5) is 18.0. The van der Waals surface area contributed by atoms with Gasteiger partial charge in [0.2, 0.25) is 0 Å². The summed E-state index contributed by atoms with van der Waals surface area (Å²) in [5.41, 5.74) is 5.98. The molecular formula is C12H17N3O2. The summed E-state index contributed by atoms with van der Waals surface area (Å²) in [6.45, 7) is 3.99.